The lowest BCUT2D eigenvalue weighted by molar-refractivity contribution is -0.685. The lowest BCUT2D eigenvalue weighted by Gasteiger charge is -2.02. The van der Waals surface area contributed by atoms with Crippen LogP contribution in [0.25, 0.3) is 0 Å². The minimum absolute atomic E-state index is 0. The van der Waals surface area contributed by atoms with E-state index in [9.17, 15) is 0 Å². The number of hydrogen-bond donors (Lipinski definition) is 4. The van der Waals surface area contributed by atoms with Gasteiger partial charge in [-0.3, -0.25) is 0 Å². The maximum absolute atomic E-state index is 2.55. The van der Waals surface area contributed by atoms with Gasteiger partial charge in [0.15, 0.2) is 0 Å². The van der Waals surface area contributed by atoms with Crippen molar-refractivity contribution in [2.75, 3.05) is 52.4 Å². The van der Waals surface area contributed by atoms with Crippen LogP contribution in [-0.4, -0.2) is 52.4 Å². The fourth-order valence-electron chi connectivity index (χ4n) is 2.77. The summed E-state index contributed by atoms with van der Waals surface area (Å²) in [6.45, 7) is 15.0. The molecule has 4 nitrogen and oxygen atoms in total. The van der Waals surface area contributed by atoms with E-state index in [-0.39, 0.29) is 49.6 Å². The first-order valence-electron chi connectivity index (χ1n) is 8.65. The Hall–Kier alpha value is 1.00. The van der Waals surface area contributed by atoms with Gasteiger partial charge in [-0.1, -0.05) is 0 Å². The van der Waals surface area contributed by atoms with E-state index in [1.54, 1.807) is 0 Å². The fourth-order valence-corrected chi connectivity index (χ4v) is 2.77. The summed E-state index contributed by atoms with van der Waals surface area (Å²) in [5.41, 5.74) is 0. The summed E-state index contributed by atoms with van der Waals surface area (Å²) in [6.07, 6.45) is 4.23. The molecule has 1 fully saturated rings. The van der Waals surface area contributed by atoms with E-state index < -0.39 is 0 Å². The van der Waals surface area contributed by atoms with Crippen molar-refractivity contribution in [3.8, 4) is 0 Å². The second-order valence-corrected chi connectivity index (χ2v) is 6.06. The number of rotatable bonds is 14. The first-order valence-corrected chi connectivity index (χ1v) is 8.65. The number of quaternary nitrogens is 4. The number of hydrogen-bond acceptors (Lipinski definition) is 0. The third kappa shape index (κ3) is 19.2. The van der Waals surface area contributed by atoms with Crippen molar-refractivity contribution >= 4 is 0 Å². The van der Waals surface area contributed by atoms with Crippen LogP contribution >= 0.6 is 0 Å². The minimum atomic E-state index is 0. The van der Waals surface area contributed by atoms with E-state index in [0.29, 0.717) is 0 Å². The molecule has 1 rings (SSSR count). The molecule has 0 unspecified atom stereocenters. The molecular weight excluding hydrogens is 378 g/mol. The normalized spacial score (nSPS) is 18.0. The highest BCUT2D eigenvalue weighted by molar-refractivity contribution is 4.84. The lowest BCUT2D eigenvalue weighted by atomic mass is 10.3. The predicted molar refractivity (Wildman–Crippen MR) is 78.8 cm³/mol. The van der Waals surface area contributed by atoms with Crippen molar-refractivity contribution in [3.63, 3.8) is 0 Å². The molecule has 0 aliphatic heterocycles. The fraction of sp³-hybridized carbons (Fsp3) is 1.00. The second kappa shape index (κ2) is 23.0. The van der Waals surface area contributed by atoms with Crippen LogP contribution in [0.2, 0.25) is 0 Å². The molecular formula is C15H38Cl4N4. The predicted octanol–water partition coefficient (Wildman–Crippen LogP) is -15.3. The van der Waals surface area contributed by atoms with E-state index in [1.807, 2.05) is 0 Å². The van der Waals surface area contributed by atoms with Crippen LogP contribution in [0.4, 0.5) is 0 Å². The molecule has 0 aromatic carbocycles. The minimum Gasteiger partial charge on any atom is -1.00 e. The van der Waals surface area contributed by atoms with Crippen molar-refractivity contribution < 1.29 is 70.9 Å². The summed E-state index contributed by atoms with van der Waals surface area (Å²) >= 11 is 0. The lowest BCUT2D eigenvalue weighted by Crippen LogP contribution is -3.00. The SMILES string of the molecule is CC[NH2+]CCC[NH2+]C[C@H]1C[C@@H]1C[NH2+]CCC[NH2+]CC.[Cl-].[Cl-].[Cl-].[Cl-]. The summed E-state index contributed by atoms with van der Waals surface area (Å²) in [5, 5.41) is 9.89. The number of nitrogens with two attached hydrogens (primary N) is 4. The molecule has 1 saturated carbocycles. The Morgan fingerprint density at radius 2 is 0.957 bits per heavy atom. The van der Waals surface area contributed by atoms with E-state index in [2.05, 4.69) is 35.1 Å². The van der Waals surface area contributed by atoms with Crippen LogP contribution in [0, 0.1) is 11.8 Å². The summed E-state index contributed by atoms with van der Waals surface area (Å²) < 4.78 is 0. The van der Waals surface area contributed by atoms with Gasteiger partial charge in [-0.2, -0.15) is 0 Å². The zero-order valence-corrected chi connectivity index (χ0v) is 17.8. The van der Waals surface area contributed by atoms with Gasteiger partial charge in [-0.25, -0.2) is 0 Å². The summed E-state index contributed by atoms with van der Waals surface area (Å²) in [6, 6.07) is 0. The Kier molecular flexibility index (Phi) is 31.7. The number of halogens is 4. The molecule has 8 N–H and O–H groups in total. The van der Waals surface area contributed by atoms with Crippen molar-refractivity contribution in [3.05, 3.63) is 0 Å². The maximum atomic E-state index is 2.55. The molecule has 0 heterocycles. The van der Waals surface area contributed by atoms with E-state index in [1.165, 1.54) is 71.6 Å². The average Bonchev–Trinajstić information content (AvgIpc) is 3.16. The second-order valence-electron chi connectivity index (χ2n) is 6.06. The molecule has 0 aromatic heterocycles. The highest BCUT2D eigenvalue weighted by Crippen LogP contribution is 2.35. The van der Waals surface area contributed by atoms with E-state index in [0.717, 1.165) is 11.8 Å². The van der Waals surface area contributed by atoms with Gasteiger partial charge in [0, 0.05) is 24.7 Å². The molecule has 0 aromatic rings. The van der Waals surface area contributed by atoms with Crippen molar-refractivity contribution in [1.29, 1.82) is 0 Å². The van der Waals surface area contributed by atoms with Gasteiger partial charge in [0.05, 0.1) is 52.4 Å². The maximum Gasteiger partial charge on any atom is 0.0809 e. The molecule has 1 aliphatic carbocycles. The standard InChI is InChI=1S/C15H34N4.4ClH/c1-3-16-7-5-9-18-12-14-11-15(14)13-19-10-6-8-17-4-2;;;;/h14-19H,3-13H2,1-2H3;4*1H/t14-,15-;;;;/m1..../s1. The molecule has 2 atom stereocenters. The van der Waals surface area contributed by atoms with Gasteiger partial charge in [0.2, 0.25) is 0 Å². The Morgan fingerprint density at radius 1 is 0.609 bits per heavy atom. The van der Waals surface area contributed by atoms with Crippen LogP contribution in [0.15, 0.2) is 0 Å². The largest absolute Gasteiger partial charge is 1.00 e. The van der Waals surface area contributed by atoms with Gasteiger partial charge in [0.25, 0.3) is 0 Å². The average molecular weight is 416 g/mol. The van der Waals surface area contributed by atoms with Gasteiger partial charge in [0.1, 0.15) is 0 Å². The molecule has 0 saturated heterocycles. The summed E-state index contributed by atoms with van der Waals surface area (Å²) in [4.78, 5) is 0. The van der Waals surface area contributed by atoms with Crippen molar-refractivity contribution in [1.82, 2.24) is 0 Å². The molecule has 1 aliphatic rings. The Balaban J connectivity index is -0.000000451. The third-order valence-corrected chi connectivity index (χ3v) is 4.22. The van der Waals surface area contributed by atoms with Crippen molar-refractivity contribution in [2.45, 2.75) is 33.1 Å². The third-order valence-electron chi connectivity index (χ3n) is 4.22. The van der Waals surface area contributed by atoms with Gasteiger partial charge >= 0.3 is 0 Å². The topological polar surface area (TPSA) is 66.4 Å². The van der Waals surface area contributed by atoms with Gasteiger partial charge in [-0.15, -0.1) is 0 Å². The Morgan fingerprint density at radius 3 is 1.30 bits per heavy atom. The Labute approximate surface area is 168 Å². The van der Waals surface area contributed by atoms with Gasteiger partial charge < -0.3 is 70.9 Å². The molecule has 0 spiro atoms. The van der Waals surface area contributed by atoms with Crippen LogP contribution in [0.5, 0.6) is 0 Å². The zero-order valence-electron chi connectivity index (χ0n) is 14.8. The first-order chi connectivity index (χ1) is 9.38. The van der Waals surface area contributed by atoms with Crippen molar-refractivity contribution in [2.24, 2.45) is 11.8 Å². The molecule has 146 valence electrons. The quantitative estimate of drug-likeness (QED) is 0.203. The molecule has 0 radical (unpaired) electrons. The summed E-state index contributed by atoms with van der Waals surface area (Å²) in [5.74, 6) is 2.07. The van der Waals surface area contributed by atoms with E-state index >= 15 is 0 Å². The smallest absolute Gasteiger partial charge is 0.0809 e. The highest BCUT2D eigenvalue weighted by Gasteiger charge is 2.39. The van der Waals surface area contributed by atoms with Crippen LogP contribution in [0.1, 0.15) is 33.1 Å². The van der Waals surface area contributed by atoms with Gasteiger partial charge in [-0.05, 0) is 20.3 Å². The zero-order chi connectivity index (χ0) is 13.8. The molecule has 23 heavy (non-hydrogen) atoms. The molecule has 0 bridgehead atoms. The monoisotopic (exact) mass is 414 g/mol. The van der Waals surface area contributed by atoms with Crippen LogP contribution in [-0.2, 0) is 0 Å². The highest BCUT2D eigenvalue weighted by atomic mass is 35.5. The molecule has 8 heteroatoms. The summed E-state index contributed by atoms with van der Waals surface area (Å²) in [7, 11) is 0. The van der Waals surface area contributed by atoms with Crippen LogP contribution in [0.3, 0.4) is 0 Å². The van der Waals surface area contributed by atoms with Crippen LogP contribution < -0.4 is 70.9 Å². The Bertz CT molecular complexity index is 194. The molecule has 0 amide bonds. The first kappa shape index (κ1) is 31.7. The van der Waals surface area contributed by atoms with E-state index in [4.69, 9.17) is 0 Å².